The number of aromatic nitrogens is 2. The average Bonchev–Trinajstić information content (AvgIpc) is 2.48. The SMILES string of the molecule is Cc1ccnc(-c2ccc(-c3ccccc3)c(F)c2)n1. The highest BCUT2D eigenvalue weighted by Gasteiger charge is 2.08. The summed E-state index contributed by atoms with van der Waals surface area (Å²) in [6.07, 6.45) is 1.68. The smallest absolute Gasteiger partial charge is 0.159 e. The zero-order chi connectivity index (χ0) is 13.9. The summed E-state index contributed by atoms with van der Waals surface area (Å²) in [5, 5.41) is 0. The zero-order valence-electron chi connectivity index (χ0n) is 11.0. The molecule has 1 heterocycles. The van der Waals surface area contributed by atoms with Crippen molar-refractivity contribution in [1.82, 2.24) is 9.97 Å². The number of aryl methyl sites for hydroxylation is 1. The number of hydrogen-bond acceptors (Lipinski definition) is 2. The van der Waals surface area contributed by atoms with E-state index in [1.165, 1.54) is 6.07 Å². The van der Waals surface area contributed by atoms with Crippen LogP contribution in [0.15, 0.2) is 60.8 Å². The molecule has 0 saturated carbocycles. The maximum absolute atomic E-state index is 14.3. The molecule has 2 nitrogen and oxygen atoms in total. The van der Waals surface area contributed by atoms with Gasteiger partial charge in [-0.05, 0) is 24.6 Å². The van der Waals surface area contributed by atoms with Crippen molar-refractivity contribution in [3.63, 3.8) is 0 Å². The Labute approximate surface area is 117 Å². The van der Waals surface area contributed by atoms with Crippen molar-refractivity contribution in [2.45, 2.75) is 6.92 Å². The predicted molar refractivity (Wildman–Crippen MR) is 77.6 cm³/mol. The molecule has 20 heavy (non-hydrogen) atoms. The molecule has 0 N–H and O–H groups in total. The molecule has 3 rings (SSSR count). The van der Waals surface area contributed by atoms with E-state index in [9.17, 15) is 4.39 Å². The van der Waals surface area contributed by atoms with Gasteiger partial charge in [-0.25, -0.2) is 14.4 Å². The van der Waals surface area contributed by atoms with E-state index in [-0.39, 0.29) is 5.82 Å². The summed E-state index contributed by atoms with van der Waals surface area (Å²) in [6, 6.07) is 16.4. The summed E-state index contributed by atoms with van der Waals surface area (Å²) in [5.41, 5.74) is 3.00. The number of hydrogen-bond donors (Lipinski definition) is 0. The van der Waals surface area contributed by atoms with Gasteiger partial charge in [0, 0.05) is 23.0 Å². The maximum Gasteiger partial charge on any atom is 0.159 e. The molecule has 0 aliphatic carbocycles. The maximum atomic E-state index is 14.3. The lowest BCUT2D eigenvalue weighted by Crippen LogP contribution is -1.92. The molecule has 0 unspecified atom stereocenters. The minimum atomic E-state index is -0.265. The number of nitrogens with zero attached hydrogens (tertiary/aromatic N) is 2. The van der Waals surface area contributed by atoms with E-state index in [2.05, 4.69) is 9.97 Å². The molecule has 0 aliphatic heterocycles. The largest absolute Gasteiger partial charge is 0.237 e. The summed E-state index contributed by atoms with van der Waals surface area (Å²) >= 11 is 0. The van der Waals surface area contributed by atoms with Crippen LogP contribution in [0.1, 0.15) is 5.69 Å². The van der Waals surface area contributed by atoms with Gasteiger partial charge in [0.1, 0.15) is 5.82 Å². The number of benzene rings is 2. The molecule has 1 aromatic heterocycles. The fourth-order valence-electron chi connectivity index (χ4n) is 2.09. The third kappa shape index (κ3) is 2.43. The van der Waals surface area contributed by atoms with Crippen LogP contribution in [-0.2, 0) is 0 Å². The Morgan fingerprint density at radius 1 is 0.900 bits per heavy atom. The van der Waals surface area contributed by atoms with Crippen LogP contribution >= 0.6 is 0 Å². The standard InChI is InChI=1S/C17H13FN2/c1-12-9-10-19-17(20-12)14-7-8-15(16(18)11-14)13-5-3-2-4-6-13/h2-11H,1H3. The van der Waals surface area contributed by atoms with Crippen LogP contribution in [0, 0.1) is 12.7 Å². The molecular weight excluding hydrogens is 251 g/mol. The molecular formula is C17H13FN2. The second kappa shape index (κ2) is 5.21. The third-order valence-electron chi connectivity index (χ3n) is 3.11. The van der Waals surface area contributed by atoms with Crippen LogP contribution in [0.25, 0.3) is 22.5 Å². The molecule has 2 aromatic carbocycles. The Balaban J connectivity index is 2.04. The van der Waals surface area contributed by atoms with Gasteiger partial charge in [-0.2, -0.15) is 0 Å². The molecule has 98 valence electrons. The molecule has 0 radical (unpaired) electrons. The summed E-state index contributed by atoms with van der Waals surface area (Å²) in [5.74, 6) is 0.280. The van der Waals surface area contributed by atoms with Crippen molar-refractivity contribution < 1.29 is 4.39 Å². The lowest BCUT2D eigenvalue weighted by Gasteiger charge is -2.06. The van der Waals surface area contributed by atoms with Gasteiger partial charge in [-0.15, -0.1) is 0 Å². The molecule has 0 atom stereocenters. The van der Waals surface area contributed by atoms with E-state index in [1.54, 1.807) is 12.3 Å². The predicted octanol–water partition coefficient (Wildman–Crippen LogP) is 4.26. The van der Waals surface area contributed by atoms with Crippen molar-refractivity contribution in [1.29, 1.82) is 0 Å². The highest BCUT2D eigenvalue weighted by Crippen LogP contribution is 2.26. The lowest BCUT2D eigenvalue weighted by molar-refractivity contribution is 0.631. The Kier molecular flexibility index (Phi) is 3.25. The Hall–Kier alpha value is -2.55. The van der Waals surface area contributed by atoms with E-state index >= 15 is 0 Å². The Bertz CT molecular complexity index is 739. The minimum absolute atomic E-state index is 0.265. The first-order valence-electron chi connectivity index (χ1n) is 6.39. The first-order chi connectivity index (χ1) is 9.74. The average molecular weight is 264 g/mol. The monoisotopic (exact) mass is 264 g/mol. The van der Waals surface area contributed by atoms with E-state index in [1.807, 2.05) is 49.4 Å². The number of halogens is 1. The van der Waals surface area contributed by atoms with Gasteiger partial charge in [0.2, 0.25) is 0 Å². The normalized spacial score (nSPS) is 10.5. The van der Waals surface area contributed by atoms with Gasteiger partial charge in [-0.3, -0.25) is 0 Å². The Morgan fingerprint density at radius 2 is 1.70 bits per heavy atom. The van der Waals surface area contributed by atoms with Crippen molar-refractivity contribution in [3.8, 4) is 22.5 Å². The summed E-state index contributed by atoms with van der Waals surface area (Å²) in [7, 11) is 0. The zero-order valence-corrected chi connectivity index (χ0v) is 11.0. The van der Waals surface area contributed by atoms with Gasteiger partial charge in [0.25, 0.3) is 0 Å². The van der Waals surface area contributed by atoms with Crippen LogP contribution < -0.4 is 0 Å². The van der Waals surface area contributed by atoms with Crippen LogP contribution in [0.5, 0.6) is 0 Å². The molecule has 0 aliphatic rings. The Morgan fingerprint density at radius 3 is 2.40 bits per heavy atom. The van der Waals surface area contributed by atoms with E-state index in [0.29, 0.717) is 17.0 Å². The third-order valence-corrected chi connectivity index (χ3v) is 3.11. The van der Waals surface area contributed by atoms with E-state index in [0.717, 1.165) is 11.3 Å². The second-order valence-corrected chi connectivity index (χ2v) is 4.58. The van der Waals surface area contributed by atoms with E-state index < -0.39 is 0 Å². The topological polar surface area (TPSA) is 25.8 Å². The highest BCUT2D eigenvalue weighted by molar-refractivity contribution is 5.68. The van der Waals surface area contributed by atoms with Crippen LogP contribution in [0.2, 0.25) is 0 Å². The molecule has 0 saturated heterocycles. The minimum Gasteiger partial charge on any atom is -0.237 e. The first kappa shape index (κ1) is 12.5. The highest BCUT2D eigenvalue weighted by atomic mass is 19.1. The van der Waals surface area contributed by atoms with E-state index in [4.69, 9.17) is 0 Å². The quantitative estimate of drug-likeness (QED) is 0.691. The molecule has 0 spiro atoms. The number of rotatable bonds is 2. The van der Waals surface area contributed by atoms with Gasteiger partial charge in [0.15, 0.2) is 5.82 Å². The second-order valence-electron chi connectivity index (χ2n) is 4.58. The summed E-state index contributed by atoms with van der Waals surface area (Å²) in [4.78, 5) is 8.48. The first-order valence-corrected chi connectivity index (χ1v) is 6.39. The van der Waals surface area contributed by atoms with Gasteiger partial charge >= 0.3 is 0 Å². The van der Waals surface area contributed by atoms with Gasteiger partial charge in [0.05, 0.1) is 0 Å². The van der Waals surface area contributed by atoms with Gasteiger partial charge in [-0.1, -0.05) is 42.5 Å². The van der Waals surface area contributed by atoms with Gasteiger partial charge < -0.3 is 0 Å². The van der Waals surface area contributed by atoms with Crippen molar-refractivity contribution in [2.75, 3.05) is 0 Å². The van der Waals surface area contributed by atoms with Crippen molar-refractivity contribution >= 4 is 0 Å². The fourth-order valence-corrected chi connectivity index (χ4v) is 2.09. The fraction of sp³-hybridized carbons (Fsp3) is 0.0588. The lowest BCUT2D eigenvalue weighted by atomic mass is 10.0. The van der Waals surface area contributed by atoms with Crippen LogP contribution in [0.3, 0.4) is 0 Å². The summed E-state index contributed by atoms with van der Waals surface area (Å²) in [6.45, 7) is 1.89. The molecule has 3 heteroatoms. The molecule has 3 aromatic rings. The van der Waals surface area contributed by atoms with Crippen LogP contribution in [0.4, 0.5) is 4.39 Å². The van der Waals surface area contributed by atoms with Crippen LogP contribution in [-0.4, -0.2) is 9.97 Å². The molecule has 0 amide bonds. The summed E-state index contributed by atoms with van der Waals surface area (Å²) < 4.78 is 14.3. The molecule has 0 bridgehead atoms. The molecule has 0 fully saturated rings. The van der Waals surface area contributed by atoms with Crippen molar-refractivity contribution in [2.24, 2.45) is 0 Å². The van der Waals surface area contributed by atoms with Crippen molar-refractivity contribution in [3.05, 3.63) is 72.3 Å².